The van der Waals surface area contributed by atoms with E-state index in [1.54, 1.807) is 0 Å². The first-order valence-corrected chi connectivity index (χ1v) is 6.69. The molecule has 1 aromatic rings. The molecule has 1 atom stereocenters. The van der Waals surface area contributed by atoms with Gasteiger partial charge in [-0.15, -0.1) is 0 Å². The van der Waals surface area contributed by atoms with Crippen LogP contribution < -0.4 is 5.32 Å². The van der Waals surface area contributed by atoms with E-state index in [0.717, 1.165) is 45.0 Å². The van der Waals surface area contributed by atoms with Gasteiger partial charge in [0.05, 0.1) is 5.69 Å². The summed E-state index contributed by atoms with van der Waals surface area (Å²) in [7, 11) is 0. The number of nitrogens with one attached hydrogen (secondary N) is 2. The summed E-state index contributed by atoms with van der Waals surface area (Å²) in [4.78, 5) is 10.6. The van der Waals surface area contributed by atoms with E-state index in [2.05, 4.69) is 36.0 Å². The summed E-state index contributed by atoms with van der Waals surface area (Å²) >= 11 is 0. The summed E-state index contributed by atoms with van der Waals surface area (Å²) in [5.41, 5.74) is 2.45. The predicted octanol–water partition coefficient (Wildman–Crippen LogP) is 1.29. The molecule has 17 heavy (non-hydrogen) atoms. The fourth-order valence-corrected chi connectivity index (χ4v) is 2.47. The van der Waals surface area contributed by atoms with E-state index in [0.29, 0.717) is 5.92 Å². The highest BCUT2D eigenvalue weighted by Gasteiger charge is 2.17. The molecule has 0 spiro atoms. The first-order valence-electron chi connectivity index (χ1n) is 6.69. The number of hydrogen-bond acceptors (Lipinski definition) is 3. The molecule has 0 radical (unpaired) electrons. The number of aromatic nitrogens is 2. The lowest BCUT2D eigenvalue weighted by Crippen LogP contribution is -2.44. The van der Waals surface area contributed by atoms with Crippen LogP contribution in [0.25, 0.3) is 0 Å². The maximum atomic E-state index is 4.70. The molecule has 0 amide bonds. The van der Waals surface area contributed by atoms with E-state index < -0.39 is 0 Å². The van der Waals surface area contributed by atoms with Crippen molar-refractivity contribution in [2.45, 2.75) is 33.1 Å². The van der Waals surface area contributed by atoms with Crippen molar-refractivity contribution in [3.63, 3.8) is 0 Å². The second kappa shape index (κ2) is 5.65. The van der Waals surface area contributed by atoms with Crippen molar-refractivity contribution in [1.29, 1.82) is 0 Å². The Morgan fingerprint density at radius 3 is 2.65 bits per heavy atom. The van der Waals surface area contributed by atoms with E-state index in [1.807, 2.05) is 0 Å². The maximum Gasteiger partial charge on any atom is 0.110 e. The Morgan fingerprint density at radius 2 is 2.06 bits per heavy atom. The van der Waals surface area contributed by atoms with Gasteiger partial charge in [0.15, 0.2) is 0 Å². The second-order valence-corrected chi connectivity index (χ2v) is 5.00. The van der Waals surface area contributed by atoms with Gasteiger partial charge >= 0.3 is 0 Å². The number of piperazine rings is 1. The molecule has 0 bridgehead atoms. The smallest absolute Gasteiger partial charge is 0.110 e. The molecule has 2 heterocycles. The zero-order valence-corrected chi connectivity index (χ0v) is 11.2. The van der Waals surface area contributed by atoms with Crippen molar-refractivity contribution in [3.8, 4) is 0 Å². The van der Waals surface area contributed by atoms with Crippen LogP contribution in [0, 0.1) is 6.92 Å². The number of H-pyrrole nitrogens is 1. The van der Waals surface area contributed by atoms with Crippen molar-refractivity contribution in [2.24, 2.45) is 0 Å². The van der Waals surface area contributed by atoms with Gasteiger partial charge in [0.1, 0.15) is 5.82 Å². The predicted molar refractivity (Wildman–Crippen MR) is 70.4 cm³/mol. The van der Waals surface area contributed by atoms with Gasteiger partial charge in [-0.3, -0.25) is 0 Å². The molecular weight excluding hydrogens is 212 g/mol. The summed E-state index contributed by atoms with van der Waals surface area (Å²) in [5, 5.41) is 3.38. The van der Waals surface area contributed by atoms with Crippen LogP contribution in [-0.4, -0.2) is 47.6 Å². The third kappa shape index (κ3) is 3.07. The molecule has 2 N–H and O–H groups in total. The molecular formula is C13H24N4. The highest BCUT2D eigenvalue weighted by Crippen LogP contribution is 2.16. The topological polar surface area (TPSA) is 44.0 Å². The van der Waals surface area contributed by atoms with Gasteiger partial charge in [-0.2, -0.15) is 0 Å². The number of aryl methyl sites for hydroxylation is 2. The highest BCUT2D eigenvalue weighted by atomic mass is 15.2. The Labute approximate surface area is 104 Å². The molecule has 4 heteroatoms. The molecule has 1 aromatic heterocycles. The number of rotatable bonds is 4. The lowest BCUT2D eigenvalue weighted by atomic mass is 10.1. The number of hydrogen-bond donors (Lipinski definition) is 2. The summed E-state index contributed by atoms with van der Waals surface area (Å²) < 4.78 is 0. The minimum absolute atomic E-state index is 0.493. The van der Waals surface area contributed by atoms with Gasteiger partial charge in [-0.25, -0.2) is 4.98 Å². The van der Waals surface area contributed by atoms with Gasteiger partial charge in [-0.1, -0.05) is 13.8 Å². The van der Waals surface area contributed by atoms with Gasteiger partial charge in [0.2, 0.25) is 0 Å². The molecule has 1 fully saturated rings. The SMILES string of the molecule is CCc1nc(C(C)CN2CCNCC2)[nH]c1C. The maximum absolute atomic E-state index is 4.70. The average molecular weight is 236 g/mol. The average Bonchev–Trinajstić information content (AvgIpc) is 2.72. The Morgan fingerprint density at radius 1 is 1.35 bits per heavy atom. The third-order valence-corrected chi connectivity index (χ3v) is 3.55. The van der Waals surface area contributed by atoms with Gasteiger partial charge in [0.25, 0.3) is 0 Å². The van der Waals surface area contributed by atoms with Crippen LogP contribution in [0.15, 0.2) is 0 Å². The lowest BCUT2D eigenvalue weighted by molar-refractivity contribution is 0.228. The molecule has 0 aliphatic carbocycles. The Kier molecular flexibility index (Phi) is 4.18. The fourth-order valence-electron chi connectivity index (χ4n) is 2.47. The van der Waals surface area contributed by atoms with Crippen molar-refractivity contribution >= 4 is 0 Å². The van der Waals surface area contributed by atoms with Crippen molar-refractivity contribution in [3.05, 3.63) is 17.2 Å². The summed E-state index contributed by atoms with van der Waals surface area (Å²) in [5.74, 6) is 1.64. The minimum Gasteiger partial charge on any atom is -0.346 e. The van der Waals surface area contributed by atoms with E-state index in [9.17, 15) is 0 Å². The molecule has 1 aliphatic rings. The largest absolute Gasteiger partial charge is 0.346 e. The minimum atomic E-state index is 0.493. The zero-order valence-electron chi connectivity index (χ0n) is 11.2. The van der Waals surface area contributed by atoms with Gasteiger partial charge in [0, 0.05) is 44.3 Å². The van der Waals surface area contributed by atoms with Crippen LogP contribution in [0.2, 0.25) is 0 Å². The normalized spacial score (nSPS) is 19.5. The van der Waals surface area contributed by atoms with Crippen LogP contribution in [0.4, 0.5) is 0 Å². The molecule has 4 nitrogen and oxygen atoms in total. The first-order chi connectivity index (χ1) is 8.20. The zero-order chi connectivity index (χ0) is 12.3. The highest BCUT2D eigenvalue weighted by molar-refractivity contribution is 5.15. The molecule has 2 rings (SSSR count). The molecule has 1 unspecified atom stereocenters. The van der Waals surface area contributed by atoms with Crippen LogP contribution in [0.3, 0.4) is 0 Å². The molecule has 1 saturated heterocycles. The van der Waals surface area contributed by atoms with Crippen LogP contribution >= 0.6 is 0 Å². The standard InChI is InChI=1S/C13H24N4/c1-4-12-11(3)15-13(16-12)10(2)9-17-7-5-14-6-8-17/h10,14H,4-9H2,1-3H3,(H,15,16). The Balaban J connectivity index is 1.95. The van der Waals surface area contributed by atoms with Gasteiger partial charge in [-0.05, 0) is 13.3 Å². The molecule has 96 valence electrons. The van der Waals surface area contributed by atoms with Crippen molar-refractivity contribution in [1.82, 2.24) is 20.2 Å². The molecule has 0 saturated carbocycles. The van der Waals surface area contributed by atoms with Crippen molar-refractivity contribution in [2.75, 3.05) is 32.7 Å². The van der Waals surface area contributed by atoms with Gasteiger partial charge < -0.3 is 15.2 Å². The van der Waals surface area contributed by atoms with Crippen molar-refractivity contribution < 1.29 is 0 Å². The number of imidazole rings is 1. The number of nitrogens with zero attached hydrogens (tertiary/aromatic N) is 2. The van der Waals surface area contributed by atoms with Crippen LogP contribution in [0.1, 0.15) is 37.0 Å². The monoisotopic (exact) mass is 236 g/mol. The Hall–Kier alpha value is -0.870. The van der Waals surface area contributed by atoms with E-state index in [1.165, 1.54) is 11.4 Å². The fraction of sp³-hybridized carbons (Fsp3) is 0.769. The van der Waals surface area contributed by atoms with E-state index in [-0.39, 0.29) is 0 Å². The number of aromatic amines is 1. The second-order valence-electron chi connectivity index (χ2n) is 5.00. The van der Waals surface area contributed by atoms with Crippen LogP contribution in [0.5, 0.6) is 0 Å². The lowest BCUT2D eigenvalue weighted by Gasteiger charge is -2.29. The quantitative estimate of drug-likeness (QED) is 0.828. The third-order valence-electron chi connectivity index (χ3n) is 3.55. The molecule has 0 aromatic carbocycles. The summed E-state index contributed by atoms with van der Waals surface area (Å²) in [6.45, 7) is 12.2. The molecule has 1 aliphatic heterocycles. The van der Waals surface area contributed by atoms with E-state index in [4.69, 9.17) is 4.98 Å². The summed E-state index contributed by atoms with van der Waals surface area (Å²) in [6.07, 6.45) is 1.02. The van der Waals surface area contributed by atoms with Crippen LogP contribution in [-0.2, 0) is 6.42 Å². The Bertz CT molecular complexity index is 352. The first kappa shape index (κ1) is 12.6. The van der Waals surface area contributed by atoms with E-state index >= 15 is 0 Å². The summed E-state index contributed by atoms with van der Waals surface area (Å²) in [6, 6.07) is 0.